The molecule has 1 saturated heterocycles. The fraction of sp³-hybridized carbons (Fsp3) is 0.333. The molecule has 1 amide bonds. The van der Waals surface area contributed by atoms with E-state index >= 15 is 0 Å². The molecule has 156 valence electrons. The highest BCUT2D eigenvalue weighted by Gasteiger charge is 2.34. The molecule has 0 bridgehead atoms. The third kappa shape index (κ3) is 4.52. The molecule has 0 aliphatic carbocycles. The van der Waals surface area contributed by atoms with Crippen molar-refractivity contribution in [3.8, 4) is 5.75 Å². The number of likely N-dealkylation sites (N-methyl/N-ethyl adjacent to an activating group) is 1. The fourth-order valence-electron chi connectivity index (χ4n) is 3.20. The first-order valence-electron chi connectivity index (χ1n) is 8.72. The van der Waals surface area contributed by atoms with Crippen LogP contribution in [0.4, 0.5) is 20.2 Å². The number of hydrogen-bond acceptors (Lipinski definition) is 6. The molecular weight excluding hydrogens is 404 g/mol. The summed E-state index contributed by atoms with van der Waals surface area (Å²) in [6.45, 7) is 1.39. The maximum absolute atomic E-state index is 14.2. The van der Waals surface area contributed by atoms with E-state index in [1.54, 1.807) is 11.0 Å². The first-order valence-corrected chi connectivity index (χ1v) is 9.93. The molecule has 2 heterocycles. The van der Waals surface area contributed by atoms with Crippen molar-refractivity contribution in [1.82, 2.24) is 9.88 Å². The average molecular weight is 425 g/mol. The molecule has 1 aromatic carbocycles. The van der Waals surface area contributed by atoms with Crippen molar-refractivity contribution in [2.45, 2.75) is 11.1 Å². The average Bonchev–Trinajstić information content (AvgIpc) is 2.70. The number of halogens is 2. The Kier molecular flexibility index (Phi) is 6.40. The van der Waals surface area contributed by atoms with E-state index in [0.717, 1.165) is 6.07 Å². The second-order valence-corrected chi connectivity index (χ2v) is 7.57. The van der Waals surface area contributed by atoms with Gasteiger partial charge in [0.1, 0.15) is 22.1 Å². The Hall–Kier alpha value is -2.63. The van der Waals surface area contributed by atoms with Crippen LogP contribution in [-0.2, 0) is 15.8 Å². The number of methoxy groups -OCH3 is 1. The summed E-state index contributed by atoms with van der Waals surface area (Å²) in [6, 6.07) is 4.66. The molecule has 2 atom stereocenters. The van der Waals surface area contributed by atoms with Crippen LogP contribution >= 0.6 is 0 Å². The van der Waals surface area contributed by atoms with Crippen molar-refractivity contribution in [3.63, 3.8) is 0 Å². The standard InChI is InChI=1S/C18H21F2N5O3S/c1-24-7-8-25(13-4-3-12(19)16(20)17(13)28-2)14(10-24)18(26)23-11-5-6-22-15(9-11)29(21)27/h3-6,9,14H,7-8,10,21H2,1-2H3,(H,22,23,26). The number of pyridine rings is 1. The Morgan fingerprint density at radius 1 is 1.34 bits per heavy atom. The number of piperazine rings is 1. The Morgan fingerprint density at radius 2 is 2.10 bits per heavy atom. The summed E-state index contributed by atoms with van der Waals surface area (Å²) in [5, 5.41) is 8.21. The highest BCUT2D eigenvalue weighted by molar-refractivity contribution is 7.82. The quantitative estimate of drug-likeness (QED) is 0.744. The van der Waals surface area contributed by atoms with Crippen LogP contribution in [-0.4, -0.2) is 59.8 Å². The lowest BCUT2D eigenvalue weighted by atomic mass is 10.1. The van der Waals surface area contributed by atoms with Crippen molar-refractivity contribution < 1.29 is 22.5 Å². The number of benzene rings is 1. The zero-order chi connectivity index (χ0) is 21.1. The van der Waals surface area contributed by atoms with Gasteiger partial charge in [0, 0.05) is 31.5 Å². The van der Waals surface area contributed by atoms with Crippen molar-refractivity contribution in [3.05, 3.63) is 42.1 Å². The first kappa shape index (κ1) is 21.1. The number of nitrogens with zero attached hydrogens (tertiary/aromatic N) is 3. The topological polar surface area (TPSA) is 101 Å². The van der Waals surface area contributed by atoms with E-state index in [4.69, 9.17) is 9.88 Å². The molecule has 1 aliphatic rings. The summed E-state index contributed by atoms with van der Waals surface area (Å²) in [7, 11) is 1.33. The van der Waals surface area contributed by atoms with Gasteiger partial charge in [-0.25, -0.2) is 18.7 Å². The lowest BCUT2D eigenvalue weighted by Gasteiger charge is -2.41. The van der Waals surface area contributed by atoms with Gasteiger partial charge < -0.3 is 19.9 Å². The number of aromatic nitrogens is 1. The Bertz CT molecular complexity index is 946. The van der Waals surface area contributed by atoms with Gasteiger partial charge in [-0.15, -0.1) is 0 Å². The van der Waals surface area contributed by atoms with Gasteiger partial charge in [-0.05, 0) is 31.3 Å². The molecule has 0 radical (unpaired) electrons. The van der Waals surface area contributed by atoms with E-state index in [2.05, 4.69) is 10.3 Å². The zero-order valence-electron chi connectivity index (χ0n) is 15.9. The minimum Gasteiger partial charge on any atom is -0.491 e. The predicted molar refractivity (Wildman–Crippen MR) is 105 cm³/mol. The summed E-state index contributed by atoms with van der Waals surface area (Å²) in [4.78, 5) is 20.5. The highest BCUT2D eigenvalue weighted by atomic mass is 32.2. The normalized spacial score (nSPS) is 18.4. The van der Waals surface area contributed by atoms with Crippen LogP contribution in [0, 0.1) is 11.6 Å². The van der Waals surface area contributed by atoms with Gasteiger partial charge in [0.25, 0.3) is 0 Å². The van der Waals surface area contributed by atoms with E-state index in [1.807, 2.05) is 11.9 Å². The van der Waals surface area contributed by atoms with Gasteiger partial charge in [-0.1, -0.05) is 0 Å². The summed E-state index contributed by atoms with van der Waals surface area (Å²) in [5.41, 5.74) is 0.669. The van der Waals surface area contributed by atoms with E-state index in [1.165, 1.54) is 25.4 Å². The van der Waals surface area contributed by atoms with Gasteiger partial charge in [0.15, 0.2) is 11.6 Å². The summed E-state index contributed by atoms with van der Waals surface area (Å²) >= 11 is 0. The predicted octanol–water partition coefficient (Wildman–Crippen LogP) is 1.11. The SMILES string of the molecule is COc1c(N2CCN(C)CC2C(=O)Nc2ccnc(S(N)=O)c2)ccc(F)c1F. The Morgan fingerprint density at radius 3 is 2.79 bits per heavy atom. The number of ether oxygens (including phenoxy) is 1. The van der Waals surface area contributed by atoms with Gasteiger partial charge in [-0.2, -0.15) is 4.39 Å². The van der Waals surface area contributed by atoms with Gasteiger partial charge in [0.2, 0.25) is 11.7 Å². The lowest BCUT2D eigenvalue weighted by Crippen LogP contribution is -2.57. The van der Waals surface area contributed by atoms with Gasteiger partial charge in [-0.3, -0.25) is 4.79 Å². The third-order valence-corrected chi connectivity index (χ3v) is 5.27. The summed E-state index contributed by atoms with van der Waals surface area (Å²) in [6.07, 6.45) is 1.39. The van der Waals surface area contributed by atoms with Crippen LogP contribution in [0.15, 0.2) is 35.5 Å². The van der Waals surface area contributed by atoms with Crippen LogP contribution in [0.1, 0.15) is 0 Å². The molecule has 11 heteroatoms. The number of nitrogens with one attached hydrogen (secondary N) is 1. The molecule has 1 fully saturated rings. The highest BCUT2D eigenvalue weighted by Crippen LogP contribution is 2.34. The maximum atomic E-state index is 14.2. The monoisotopic (exact) mass is 425 g/mol. The number of amides is 1. The van der Waals surface area contributed by atoms with Crippen LogP contribution in [0.25, 0.3) is 0 Å². The fourth-order valence-corrected chi connectivity index (χ4v) is 3.60. The molecule has 3 rings (SSSR count). The first-order chi connectivity index (χ1) is 13.8. The third-order valence-electron chi connectivity index (χ3n) is 4.64. The van der Waals surface area contributed by atoms with Crippen LogP contribution in [0.2, 0.25) is 0 Å². The van der Waals surface area contributed by atoms with Gasteiger partial charge in [0.05, 0.1) is 12.8 Å². The lowest BCUT2D eigenvalue weighted by molar-refractivity contribution is -0.118. The summed E-state index contributed by atoms with van der Waals surface area (Å²) in [5.74, 6) is -2.76. The van der Waals surface area contributed by atoms with E-state index in [-0.39, 0.29) is 22.4 Å². The zero-order valence-corrected chi connectivity index (χ0v) is 16.7. The minimum absolute atomic E-state index is 0.127. The number of hydrogen-bond donors (Lipinski definition) is 2. The molecular formula is C18H21F2N5O3S. The molecule has 2 unspecified atom stereocenters. The number of rotatable bonds is 5. The molecule has 8 nitrogen and oxygen atoms in total. The van der Waals surface area contributed by atoms with Crippen molar-refractivity contribution in [2.24, 2.45) is 5.14 Å². The molecule has 0 saturated carbocycles. The largest absolute Gasteiger partial charge is 0.491 e. The second kappa shape index (κ2) is 8.80. The van der Waals surface area contributed by atoms with E-state index in [9.17, 15) is 17.8 Å². The Labute approximate surface area is 169 Å². The van der Waals surface area contributed by atoms with Crippen LogP contribution in [0.3, 0.4) is 0 Å². The van der Waals surface area contributed by atoms with Gasteiger partial charge >= 0.3 is 0 Å². The van der Waals surface area contributed by atoms with E-state index < -0.39 is 28.7 Å². The molecule has 29 heavy (non-hydrogen) atoms. The van der Waals surface area contributed by atoms with Crippen molar-refractivity contribution in [1.29, 1.82) is 0 Å². The number of carbonyl (C=O) groups excluding carboxylic acids is 1. The molecule has 0 spiro atoms. The molecule has 1 aliphatic heterocycles. The smallest absolute Gasteiger partial charge is 0.248 e. The Balaban J connectivity index is 1.91. The molecule has 3 N–H and O–H groups in total. The van der Waals surface area contributed by atoms with Crippen molar-refractivity contribution in [2.75, 3.05) is 44.0 Å². The van der Waals surface area contributed by atoms with Crippen molar-refractivity contribution >= 4 is 28.3 Å². The minimum atomic E-state index is -1.79. The maximum Gasteiger partial charge on any atom is 0.248 e. The molecule has 2 aromatic rings. The molecule has 1 aromatic heterocycles. The number of nitrogens with two attached hydrogens (primary N) is 1. The number of carbonyl (C=O) groups is 1. The number of anilines is 2. The summed E-state index contributed by atoms with van der Waals surface area (Å²) < 4.78 is 44.3. The second-order valence-electron chi connectivity index (χ2n) is 6.55. The van der Waals surface area contributed by atoms with Crippen LogP contribution in [0.5, 0.6) is 5.75 Å². The van der Waals surface area contributed by atoms with Crippen LogP contribution < -0.4 is 20.1 Å². The van der Waals surface area contributed by atoms with E-state index in [0.29, 0.717) is 25.3 Å².